The quantitative estimate of drug-likeness (QED) is 0.616. The molecule has 3 rings (SSSR count). The fraction of sp³-hybridized carbons (Fsp3) is 0.429. The third-order valence-corrected chi connectivity index (χ3v) is 6.24. The molecule has 0 saturated heterocycles. The van der Waals surface area contributed by atoms with Crippen LogP contribution in [0.15, 0.2) is 46.8 Å². The van der Waals surface area contributed by atoms with Crippen LogP contribution >= 0.6 is 11.3 Å². The zero-order valence-corrected chi connectivity index (χ0v) is 17.1. The Hall–Kier alpha value is -2.34. The lowest BCUT2D eigenvalue weighted by Gasteiger charge is -2.29. The van der Waals surface area contributed by atoms with Gasteiger partial charge in [0.25, 0.3) is 0 Å². The molecular weight excluding hydrogens is 356 g/mol. The molecule has 1 aromatic carbocycles. The second kappa shape index (κ2) is 8.57. The largest absolute Gasteiger partial charge is 0.356 e. The number of nitrogens with zero attached hydrogens (tertiary/aromatic N) is 2. The Morgan fingerprint density at radius 1 is 1.19 bits per heavy atom. The maximum Gasteiger partial charge on any atom is 0.242 e. The van der Waals surface area contributed by atoms with Crippen LogP contribution in [0.4, 0.5) is 0 Å². The second-order valence-electron chi connectivity index (χ2n) is 7.47. The molecule has 2 N–H and O–H groups in total. The number of guanidine groups is 1. The van der Waals surface area contributed by atoms with Crippen molar-refractivity contribution in [3.05, 3.63) is 57.8 Å². The van der Waals surface area contributed by atoms with Crippen molar-refractivity contribution in [1.82, 2.24) is 15.5 Å². The molecule has 1 aromatic heterocycles. The van der Waals surface area contributed by atoms with Crippen LogP contribution in [0.3, 0.4) is 0 Å². The van der Waals surface area contributed by atoms with Crippen molar-refractivity contribution >= 4 is 23.2 Å². The van der Waals surface area contributed by atoms with E-state index in [1.165, 1.54) is 16.0 Å². The lowest BCUT2D eigenvalue weighted by Crippen LogP contribution is -2.48. The standard InChI is InChI=1S/C21H28N4OS/c1-21(2,18-9-6-12-27-18)15-24-20(22-3)23-13-19(26)25-11-10-16-7-4-5-8-17(16)14-25/h4-9,12H,10-11,13-15H2,1-3H3,(H2,22,23,24). The Kier molecular flexibility index (Phi) is 6.16. The van der Waals surface area contributed by atoms with Gasteiger partial charge in [0.15, 0.2) is 5.96 Å². The maximum atomic E-state index is 12.6. The number of carbonyl (C=O) groups excluding carboxylic acids is 1. The van der Waals surface area contributed by atoms with E-state index in [1.807, 2.05) is 11.0 Å². The Morgan fingerprint density at radius 2 is 1.96 bits per heavy atom. The molecule has 1 aliphatic heterocycles. The predicted molar refractivity (Wildman–Crippen MR) is 112 cm³/mol. The summed E-state index contributed by atoms with van der Waals surface area (Å²) in [5, 5.41) is 8.60. The minimum atomic E-state index is 0.00633. The van der Waals surface area contributed by atoms with Crippen molar-refractivity contribution in [3.63, 3.8) is 0 Å². The van der Waals surface area contributed by atoms with Crippen LogP contribution in [0, 0.1) is 0 Å². The summed E-state index contributed by atoms with van der Waals surface area (Å²) in [5.41, 5.74) is 2.60. The summed E-state index contributed by atoms with van der Waals surface area (Å²) in [6.45, 7) is 6.87. The number of nitrogens with one attached hydrogen (secondary N) is 2. The van der Waals surface area contributed by atoms with Crippen molar-refractivity contribution in [2.45, 2.75) is 32.2 Å². The number of thiophene rings is 1. The van der Waals surface area contributed by atoms with Gasteiger partial charge in [-0.15, -0.1) is 11.3 Å². The minimum Gasteiger partial charge on any atom is -0.356 e. The summed E-state index contributed by atoms with van der Waals surface area (Å²) in [7, 11) is 1.73. The molecular formula is C21H28N4OS. The van der Waals surface area contributed by atoms with E-state index in [-0.39, 0.29) is 17.9 Å². The number of aliphatic imine (C=N–C) groups is 1. The summed E-state index contributed by atoms with van der Waals surface area (Å²) in [5.74, 6) is 0.760. The van der Waals surface area contributed by atoms with Crippen LogP contribution in [0.5, 0.6) is 0 Å². The van der Waals surface area contributed by atoms with Crippen LogP contribution < -0.4 is 10.6 Å². The number of hydrogen-bond acceptors (Lipinski definition) is 3. The van der Waals surface area contributed by atoms with Gasteiger partial charge in [-0.2, -0.15) is 0 Å². The van der Waals surface area contributed by atoms with Gasteiger partial charge in [0, 0.05) is 37.0 Å². The van der Waals surface area contributed by atoms with Crippen LogP contribution in [0.1, 0.15) is 29.9 Å². The molecule has 0 fully saturated rings. The van der Waals surface area contributed by atoms with Gasteiger partial charge in [0.05, 0.1) is 6.54 Å². The molecule has 0 bridgehead atoms. The van der Waals surface area contributed by atoms with Crippen LogP contribution in [0.2, 0.25) is 0 Å². The van der Waals surface area contributed by atoms with Crippen molar-refractivity contribution < 1.29 is 4.79 Å². The van der Waals surface area contributed by atoms with Crippen molar-refractivity contribution in [2.24, 2.45) is 4.99 Å². The first-order chi connectivity index (χ1) is 13.0. The van der Waals surface area contributed by atoms with Crippen LogP contribution in [0.25, 0.3) is 0 Å². The van der Waals surface area contributed by atoms with Gasteiger partial charge in [-0.05, 0) is 29.0 Å². The highest BCUT2D eigenvalue weighted by Crippen LogP contribution is 2.26. The van der Waals surface area contributed by atoms with Gasteiger partial charge in [-0.3, -0.25) is 9.79 Å². The molecule has 0 radical (unpaired) electrons. The van der Waals surface area contributed by atoms with Gasteiger partial charge >= 0.3 is 0 Å². The van der Waals surface area contributed by atoms with E-state index in [4.69, 9.17) is 0 Å². The molecule has 144 valence electrons. The Labute approximate surface area is 165 Å². The molecule has 5 nitrogen and oxygen atoms in total. The number of carbonyl (C=O) groups is 1. The fourth-order valence-electron chi connectivity index (χ4n) is 3.26. The number of amides is 1. The Balaban J connectivity index is 1.49. The van der Waals surface area contributed by atoms with Gasteiger partial charge in [-0.1, -0.05) is 44.2 Å². The van der Waals surface area contributed by atoms with E-state index in [0.29, 0.717) is 12.5 Å². The van der Waals surface area contributed by atoms with Crippen molar-refractivity contribution in [3.8, 4) is 0 Å². The summed E-state index contributed by atoms with van der Waals surface area (Å²) in [6.07, 6.45) is 0.921. The van der Waals surface area contributed by atoms with E-state index < -0.39 is 0 Å². The van der Waals surface area contributed by atoms with Gasteiger partial charge in [-0.25, -0.2) is 0 Å². The topological polar surface area (TPSA) is 56.7 Å². The zero-order valence-electron chi connectivity index (χ0n) is 16.3. The first-order valence-corrected chi connectivity index (χ1v) is 10.2. The molecule has 0 spiro atoms. The van der Waals surface area contributed by atoms with Gasteiger partial charge in [0.2, 0.25) is 5.91 Å². The highest BCUT2D eigenvalue weighted by atomic mass is 32.1. The van der Waals surface area contributed by atoms with E-state index in [9.17, 15) is 4.79 Å². The summed E-state index contributed by atoms with van der Waals surface area (Å²) in [4.78, 5) is 20.1. The maximum absolute atomic E-state index is 12.6. The highest BCUT2D eigenvalue weighted by molar-refractivity contribution is 7.10. The number of fused-ring (bicyclic) bond motifs is 1. The third-order valence-electron chi connectivity index (χ3n) is 5.00. The first-order valence-electron chi connectivity index (χ1n) is 9.32. The Bertz CT molecular complexity index is 798. The van der Waals surface area contributed by atoms with E-state index in [1.54, 1.807) is 18.4 Å². The van der Waals surface area contributed by atoms with E-state index in [2.05, 4.69) is 65.2 Å². The summed E-state index contributed by atoms with van der Waals surface area (Å²) >= 11 is 1.76. The predicted octanol–water partition coefficient (Wildman–Crippen LogP) is 2.78. The number of benzene rings is 1. The first kappa shape index (κ1) is 19.4. The van der Waals surface area contributed by atoms with Gasteiger partial charge in [0.1, 0.15) is 0 Å². The fourth-order valence-corrected chi connectivity index (χ4v) is 4.11. The zero-order chi connectivity index (χ0) is 19.3. The molecule has 27 heavy (non-hydrogen) atoms. The average molecular weight is 385 g/mol. The van der Waals surface area contributed by atoms with E-state index in [0.717, 1.165) is 19.5 Å². The molecule has 0 unspecified atom stereocenters. The number of rotatable bonds is 5. The lowest BCUT2D eigenvalue weighted by molar-refractivity contribution is -0.130. The average Bonchev–Trinajstić information content (AvgIpc) is 3.23. The number of hydrogen-bond donors (Lipinski definition) is 2. The monoisotopic (exact) mass is 384 g/mol. The summed E-state index contributed by atoms with van der Waals surface area (Å²) < 4.78 is 0. The highest BCUT2D eigenvalue weighted by Gasteiger charge is 2.23. The smallest absolute Gasteiger partial charge is 0.242 e. The SMILES string of the molecule is CN=C(NCC(=O)N1CCc2ccccc2C1)NCC(C)(C)c1cccs1. The lowest BCUT2D eigenvalue weighted by atomic mass is 9.91. The van der Waals surface area contributed by atoms with Crippen LogP contribution in [-0.4, -0.2) is 43.4 Å². The molecule has 2 aromatic rings. The van der Waals surface area contributed by atoms with Crippen molar-refractivity contribution in [1.29, 1.82) is 0 Å². The molecule has 2 heterocycles. The third kappa shape index (κ3) is 4.89. The molecule has 0 aliphatic carbocycles. The second-order valence-corrected chi connectivity index (χ2v) is 8.42. The normalized spacial score (nSPS) is 14.6. The molecule has 0 atom stereocenters. The summed E-state index contributed by atoms with van der Waals surface area (Å²) in [6, 6.07) is 12.6. The Morgan fingerprint density at radius 3 is 2.67 bits per heavy atom. The minimum absolute atomic E-state index is 0.00633. The molecule has 6 heteroatoms. The van der Waals surface area contributed by atoms with Crippen molar-refractivity contribution in [2.75, 3.05) is 26.7 Å². The molecule has 1 amide bonds. The van der Waals surface area contributed by atoms with Crippen LogP contribution in [-0.2, 0) is 23.2 Å². The molecule has 0 saturated carbocycles. The van der Waals surface area contributed by atoms with Gasteiger partial charge < -0.3 is 15.5 Å². The van der Waals surface area contributed by atoms with E-state index >= 15 is 0 Å². The molecule has 1 aliphatic rings.